The Morgan fingerprint density at radius 1 is 0.603 bits per heavy atom. The highest BCUT2D eigenvalue weighted by Crippen LogP contribution is 2.43. The van der Waals surface area contributed by atoms with E-state index in [9.17, 15) is 34.6 Å². The molecule has 0 unspecified atom stereocenters. The third-order valence-electron chi connectivity index (χ3n) is 12.0. The number of nitro groups is 2. The van der Waals surface area contributed by atoms with Gasteiger partial charge in [0.2, 0.25) is 11.0 Å². The second-order valence-corrected chi connectivity index (χ2v) is 21.1. The van der Waals surface area contributed by atoms with Gasteiger partial charge in [0, 0.05) is 83.2 Å². The first kappa shape index (κ1) is 51.1. The Morgan fingerprint density at radius 2 is 0.971 bits per heavy atom. The molecule has 370 valence electrons. The maximum Gasteiger partial charge on any atom is 0.410 e. The monoisotopic (exact) mass is 966 g/mol. The molecule has 3 amide bonds. The number of pyridine rings is 3. The van der Waals surface area contributed by atoms with Crippen LogP contribution in [0.3, 0.4) is 0 Å². The molecular weight excluding hydrogens is 904 g/mol. The molecular formula is C45H63ClN12O10. The molecule has 0 atom stereocenters. The van der Waals surface area contributed by atoms with Gasteiger partial charge in [0.05, 0.1) is 16.6 Å². The number of carbonyl (C=O) groups is 3. The third kappa shape index (κ3) is 12.0. The summed E-state index contributed by atoms with van der Waals surface area (Å²) in [7, 11) is 0. The minimum Gasteiger partial charge on any atom is -0.444 e. The number of nitrogens with zero attached hydrogens (tertiary/aromatic N) is 10. The van der Waals surface area contributed by atoms with Crippen LogP contribution >= 0.6 is 11.6 Å². The van der Waals surface area contributed by atoms with E-state index in [1.165, 1.54) is 24.3 Å². The number of nitrogens with two attached hydrogens (primary N) is 1. The Hall–Kier alpha value is -6.29. The number of anilines is 3. The van der Waals surface area contributed by atoms with Crippen LogP contribution < -0.4 is 20.9 Å². The Kier molecular flexibility index (Phi) is 14.6. The number of carbonyl (C=O) groups excluding carboxylic acids is 3. The molecule has 0 saturated carbocycles. The number of nitrogens with one attached hydrogen (secondary N) is 1. The van der Waals surface area contributed by atoms with E-state index in [0.717, 1.165) is 64.3 Å². The first-order chi connectivity index (χ1) is 31.6. The van der Waals surface area contributed by atoms with Crippen LogP contribution in [0, 0.1) is 20.2 Å². The molecule has 0 aliphatic carbocycles. The molecule has 3 spiro atoms. The lowest BCUT2D eigenvalue weighted by molar-refractivity contribution is -0.389. The fourth-order valence-corrected chi connectivity index (χ4v) is 8.48. The first-order valence-corrected chi connectivity index (χ1v) is 22.8. The largest absolute Gasteiger partial charge is 0.444 e. The predicted molar refractivity (Wildman–Crippen MR) is 254 cm³/mol. The third-order valence-corrected chi connectivity index (χ3v) is 12.2. The number of rotatable bonds is 4. The molecule has 68 heavy (non-hydrogen) atoms. The maximum atomic E-state index is 12.2. The SMILES string of the molecule is CC(C)(C)OC(=O)N1CCC12CN(c1cccc(N)n1)C2.CC(C)(C)OC(=O)N1CCC12CN(c1cccc([N+](=O)[O-])n1)C2.CC(C)(C)OC(=O)N1CCC12CNC2.O=[N+]([O-])c1cccc(Cl)n1. The van der Waals surface area contributed by atoms with Gasteiger partial charge in [-0.3, -0.25) is 14.7 Å². The minimum absolute atomic E-state index is 0.0748. The van der Waals surface area contributed by atoms with Crippen LogP contribution in [0.5, 0.6) is 0 Å². The lowest BCUT2D eigenvalue weighted by atomic mass is 9.78. The number of nitrogen functional groups attached to an aromatic ring is 1. The van der Waals surface area contributed by atoms with Crippen molar-refractivity contribution < 1.29 is 38.4 Å². The van der Waals surface area contributed by atoms with Crippen molar-refractivity contribution in [1.82, 2.24) is 35.0 Å². The summed E-state index contributed by atoms with van der Waals surface area (Å²) in [5.41, 5.74) is 4.17. The van der Waals surface area contributed by atoms with Crippen LogP contribution in [0.1, 0.15) is 81.6 Å². The van der Waals surface area contributed by atoms with Crippen molar-refractivity contribution in [2.45, 2.75) is 115 Å². The molecule has 6 saturated heterocycles. The van der Waals surface area contributed by atoms with Crippen molar-refractivity contribution in [3.05, 3.63) is 80.0 Å². The lowest BCUT2D eigenvalue weighted by Crippen LogP contribution is -2.78. The van der Waals surface area contributed by atoms with Gasteiger partial charge in [-0.05, 0) is 137 Å². The summed E-state index contributed by atoms with van der Waals surface area (Å²) in [6.45, 7) is 23.9. The molecule has 0 aromatic carbocycles. The van der Waals surface area contributed by atoms with E-state index in [4.69, 9.17) is 31.5 Å². The average molecular weight is 968 g/mol. The Morgan fingerprint density at radius 3 is 1.28 bits per heavy atom. The van der Waals surface area contributed by atoms with Gasteiger partial charge in [-0.1, -0.05) is 6.07 Å². The zero-order chi connectivity index (χ0) is 50.0. The maximum absolute atomic E-state index is 12.2. The normalized spacial score (nSPS) is 18.9. The number of halogens is 1. The summed E-state index contributed by atoms with van der Waals surface area (Å²) in [4.78, 5) is 77.2. The average Bonchev–Trinajstić information content (AvgIpc) is 3.11. The molecule has 6 fully saturated rings. The van der Waals surface area contributed by atoms with Gasteiger partial charge in [0.15, 0.2) is 0 Å². The van der Waals surface area contributed by atoms with E-state index in [1.807, 2.05) is 89.1 Å². The van der Waals surface area contributed by atoms with Crippen LogP contribution in [-0.2, 0) is 14.2 Å². The summed E-state index contributed by atoms with van der Waals surface area (Å²) in [5, 5.41) is 24.2. The van der Waals surface area contributed by atoms with Crippen LogP contribution in [0.2, 0.25) is 5.15 Å². The second-order valence-electron chi connectivity index (χ2n) is 20.7. The van der Waals surface area contributed by atoms with Gasteiger partial charge in [0.1, 0.15) is 28.4 Å². The first-order valence-electron chi connectivity index (χ1n) is 22.5. The van der Waals surface area contributed by atoms with Crippen LogP contribution in [0.4, 0.5) is 43.5 Å². The second kappa shape index (κ2) is 19.4. The molecule has 3 aromatic rings. The summed E-state index contributed by atoms with van der Waals surface area (Å²) in [5.74, 6) is 1.57. The number of amides is 3. The number of ether oxygens (including phenoxy) is 3. The molecule has 0 radical (unpaired) electrons. The summed E-state index contributed by atoms with van der Waals surface area (Å²) >= 11 is 5.37. The molecule has 3 N–H and O–H groups in total. The lowest BCUT2D eigenvalue weighted by Gasteiger charge is -2.62. The van der Waals surface area contributed by atoms with Crippen molar-refractivity contribution in [3.8, 4) is 0 Å². The van der Waals surface area contributed by atoms with Crippen molar-refractivity contribution in [3.63, 3.8) is 0 Å². The van der Waals surface area contributed by atoms with E-state index in [-0.39, 0.29) is 57.3 Å². The number of hydrogen-bond donors (Lipinski definition) is 2. The van der Waals surface area contributed by atoms with E-state index in [0.29, 0.717) is 31.3 Å². The standard InChI is InChI=1S/C15H20N4O4.C15H22N4O2.C10H18N2O2.C5H3ClN2O2/c1-14(2,3)23-13(20)18-8-7-15(18)9-17(10-15)11-5-4-6-12(16-11)19(21)22;1-14(2,3)21-13(20)19-8-7-15(19)9-18(10-15)12-6-4-5-11(16)17-12;1-9(2,3)14-8(13)12-5-4-10(12)6-11-7-10;6-4-2-1-3-5(7-4)8(9)10/h4-6H,7-10H2,1-3H3;4-6H,7-10H2,1-3H3,(H2,16,17);11H,4-7H2,1-3H3;1-3H. The number of hydrogen-bond acceptors (Lipinski definition) is 17. The van der Waals surface area contributed by atoms with Gasteiger partial charge in [-0.2, -0.15) is 0 Å². The van der Waals surface area contributed by atoms with E-state index >= 15 is 0 Å². The van der Waals surface area contributed by atoms with E-state index < -0.39 is 21.0 Å². The van der Waals surface area contributed by atoms with E-state index in [2.05, 4.69) is 25.2 Å². The fourth-order valence-electron chi connectivity index (χ4n) is 8.32. The summed E-state index contributed by atoms with van der Waals surface area (Å²) in [6, 6.07) is 14.6. The zero-order valence-electron chi connectivity index (χ0n) is 40.2. The summed E-state index contributed by atoms with van der Waals surface area (Å²) in [6.07, 6.45) is 2.37. The van der Waals surface area contributed by atoms with E-state index in [1.54, 1.807) is 23.1 Å². The van der Waals surface area contributed by atoms with Crippen molar-refractivity contribution >= 4 is 59.0 Å². The van der Waals surface area contributed by atoms with Crippen LogP contribution in [-0.4, -0.2) is 150 Å². The topological polar surface area (TPSA) is 258 Å². The van der Waals surface area contributed by atoms with Crippen molar-refractivity contribution in [2.75, 3.05) is 74.4 Å². The molecule has 9 rings (SSSR count). The van der Waals surface area contributed by atoms with Gasteiger partial charge in [-0.25, -0.2) is 19.4 Å². The number of aromatic nitrogens is 3. The molecule has 23 heteroatoms. The van der Waals surface area contributed by atoms with Gasteiger partial charge >= 0.3 is 29.9 Å². The van der Waals surface area contributed by atoms with Gasteiger partial charge in [0.25, 0.3) is 0 Å². The van der Waals surface area contributed by atoms with Gasteiger partial charge in [-0.15, -0.1) is 0 Å². The molecule has 3 aromatic heterocycles. The summed E-state index contributed by atoms with van der Waals surface area (Å²) < 4.78 is 16.2. The Bertz CT molecular complexity index is 2350. The minimum atomic E-state index is -0.591. The quantitative estimate of drug-likeness (QED) is 0.120. The molecule has 9 heterocycles. The Balaban J connectivity index is 0.000000156. The molecule has 6 aliphatic heterocycles. The predicted octanol–water partition coefficient (Wildman–Crippen LogP) is 6.67. The van der Waals surface area contributed by atoms with Gasteiger partial charge < -0.3 is 55.3 Å². The Labute approximate surface area is 400 Å². The number of likely N-dealkylation sites (tertiary alicyclic amines) is 3. The van der Waals surface area contributed by atoms with Crippen molar-refractivity contribution in [1.29, 1.82) is 0 Å². The highest BCUT2D eigenvalue weighted by Gasteiger charge is 2.58. The molecule has 22 nitrogen and oxygen atoms in total. The molecule has 0 bridgehead atoms. The fraction of sp³-hybridized carbons (Fsp3) is 0.600. The highest BCUT2D eigenvalue weighted by atomic mass is 35.5. The highest BCUT2D eigenvalue weighted by molar-refractivity contribution is 6.29. The van der Waals surface area contributed by atoms with Crippen molar-refractivity contribution in [2.24, 2.45) is 0 Å². The van der Waals surface area contributed by atoms with Crippen LogP contribution in [0.15, 0.2) is 54.6 Å². The zero-order valence-corrected chi connectivity index (χ0v) is 40.9. The molecule has 6 aliphatic rings. The smallest absolute Gasteiger partial charge is 0.410 e. The van der Waals surface area contributed by atoms with Crippen LogP contribution in [0.25, 0.3) is 0 Å².